The average Bonchev–Trinajstić information content (AvgIpc) is 2.29. The number of hydrogen-bond donors (Lipinski definition) is 1. The summed E-state index contributed by atoms with van der Waals surface area (Å²) in [6, 6.07) is 5.64. The minimum absolute atomic E-state index is 0.232. The van der Waals surface area contributed by atoms with Gasteiger partial charge in [0.15, 0.2) is 0 Å². The summed E-state index contributed by atoms with van der Waals surface area (Å²) in [5.41, 5.74) is 5.03. The highest BCUT2D eigenvalue weighted by Crippen LogP contribution is 2.36. The number of para-hydroxylation sites is 1. The first-order valence-electron chi connectivity index (χ1n) is 5.62. The van der Waals surface area contributed by atoms with E-state index in [-0.39, 0.29) is 5.69 Å². The summed E-state index contributed by atoms with van der Waals surface area (Å²) in [4.78, 5) is 1.70. The monoisotopic (exact) mass is 246 g/mol. The van der Waals surface area contributed by atoms with Crippen LogP contribution in [0, 0.1) is 0 Å². The first-order chi connectivity index (χ1) is 8.00. The number of hydrogen-bond acceptors (Lipinski definition) is 2. The molecule has 1 aromatic rings. The number of halogens is 3. The first kappa shape index (κ1) is 13.8. The van der Waals surface area contributed by atoms with E-state index < -0.39 is 11.7 Å². The summed E-state index contributed by atoms with van der Waals surface area (Å²) < 4.78 is 38.4. The van der Waals surface area contributed by atoms with Crippen LogP contribution >= 0.6 is 0 Å². The number of anilines is 1. The van der Waals surface area contributed by atoms with Crippen molar-refractivity contribution in [1.29, 1.82) is 0 Å². The van der Waals surface area contributed by atoms with Crippen LogP contribution in [-0.4, -0.2) is 19.6 Å². The third-order valence-corrected chi connectivity index (χ3v) is 2.56. The van der Waals surface area contributed by atoms with Gasteiger partial charge in [0, 0.05) is 18.8 Å². The van der Waals surface area contributed by atoms with E-state index in [1.807, 2.05) is 6.92 Å². The molecular weight excluding hydrogens is 229 g/mol. The van der Waals surface area contributed by atoms with E-state index in [0.717, 1.165) is 6.07 Å². The molecule has 1 rings (SSSR count). The van der Waals surface area contributed by atoms with Crippen molar-refractivity contribution in [1.82, 2.24) is 0 Å². The molecule has 0 aliphatic rings. The fourth-order valence-corrected chi connectivity index (χ4v) is 1.72. The molecule has 2 nitrogen and oxygen atoms in total. The van der Waals surface area contributed by atoms with Gasteiger partial charge in [-0.3, -0.25) is 0 Å². The van der Waals surface area contributed by atoms with Crippen molar-refractivity contribution in [3.63, 3.8) is 0 Å². The van der Waals surface area contributed by atoms with Crippen molar-refractivity contribution in [2.24, 2.45) is 5.73 Å². The highest BCUT2D eigenvalue weighted by molar-refractivity contribution is 5.54. The van der Waals surface area contributed by atoms with Crippen molar-refractivity contribution in [3.8, 4) is 0 Å². The molecule has 0 aliphatic heterocycles. The third kappa shape index (κ3) is 3.63. The van der Waals surface area contributed by atoms with E-state index in [0.29, 0.717) is 26.1 Å². The second kappa shape index (κ2) is 5.91. The predicted molar refractivity (Wildman–Crippen MR) is 63.0 cm³/mol. The predicted octanol–water partition coefficient (Wildman–Crippen LogP) is 2.88. The Hall–Kier alpha value is -1.23. The molecule has 0 atom stereocenters. The van der Waals surface area contributed by atoms with Crippen LogP contribution < -0.4 is 10.6 Å². The topological polar surface area (TPSA) is 29.3 Å². The van der Waals surface area contributed by atoms with Gasteiger partial charge < -0.3 is 10.6 Å². The summed E-state index contributed by atoms with van der Waals surface area (Å²) in [7, 11) is 0. The summed E-state index contributed by atoms with van der Waals surface area (Å²) in [6.45, 7) is 3.39. The van der Waals surface area contributed by atoms with Gasteiger partial charge >= 0.3 is 6.18 Å². The zero-order chi connectivity index (χ0) is 12.9. The maximum Gasteiger partial charge on any atom is 0.418 e. The molecule has 2 N–H and O–H groups in total. The van der Waals surface area contributed by atoms with E-state index in [4.69, 9.17) is 5.73 Å². The van der Waals surface area contributed by atoms with E-state index in [2.05, 4.69) is 0 Å². The van der Waals surface area contributed by atoms with Gasteiger partial charge in [-0.2, -0.15) is 13.2 Å². The summed E-state index contributed by atoms with van der Waals surface area (Å²) in [5.74, 6) is 0. The highest BCUT2D eigenvalue weighted by Gasteiger charge is 2.34. The maximum absolute atomic E-state index is 12.8. The molecule has 0 spiro atoms. The highest BCUT2D eigenvalue weighted by atomic mass is 19.4. The van der Waals surface area contributed by atoms with E-state index in [9.17, 15) is 13.2 Å². The van der Waals surface area contributed by atoms with Crippen molar-refractivity contribution in [2.75, 3.05) is 24.5 Å². The molecule has 0 radical (unpaired) electrons. The number of alkyl halides is 3. The lowest BCUT2D eigenvalue weighted by atomic mass is 10.1. The number of nitrogens with zero attached hydrogens (tertiary/aromatic N) is 1. The number of nitrogens with two attached hydrogens (primary N) is 1. The number of benzene rings is 1. The van der Waals surface area contributed by atoms with Gasteiger partial charge in [-0.25, -0.2) is 0 Å². The minimum Gasteiger partial charge on any atom is -0.371 e. The quantitative estimate of drug-likeness (QED) is 0.865. The minimum atomic E-state index is -4.31. The molecule has 0 bridgehead atoms. The lowest BCUT2D eigenvalue weighted by Crippen LogP contribution is -2.28. The number of rotatable bonds is 5. The molecule has 0 heterocycles. The maximum atomic E-state index is 12.8. The Morgan fingerprint density at radius 2 is 1.88 bits per heavy atom. The van der Waals surface area contributed by atoms with Crippen LogP contribution in [0.15, 0.2) is 24.3 Å². The fourth-order valence-electron chi connectivity index (χ4n) is 1.72. The van der Waals surface area contributed by atoms with E-state index >= 15 is 0 Å². The van der Waals surface area contributed by atoms with Crippen LogP contribution in [0.1, 0.15) is 18.9 Å². The molecule has 17 heavy (non-hydrogen) atoms. The molecule has 0 aliphatic carbocycles. The Morgan fingerprint density at radius 3 is 2.41 bits per heavy atom. The van der Waals surface area contributed by atoms with Gasteiger partial charge in [0.2, 0.25) is 0 Å². The molecular formula is C12H17F3N2. The Morgan fingerprint density at radius 1 is 1.24 bits per heavy atom. The summed E-state index contributed by atoms with van der Waals surface area (Å²) in [6.07, 6.45) is -3.63. The molecule has 0 amide bonds. The molecule has 1 aromatic carbocycles. The van der Waals surface area contributed by atoms with Crippen LogP contribution in [0.3, 0.4) is 0 Å². The van der Waals surface area contributed by atoms with Gasteiger partial charge in [-0.05, 0) is 32.0 Å². The second-order valence-corrected chi connectivity index (χ2v) is 3.74. The van der Waals surface area contributed by atoms with Gasteiger partial charge in [0.25, 0.3) is 0 Å². The van der Waals surface area contributed by atoms with Crippen molar-refractivity contribution >= 4 is 5.69 Å². The lowest BCUT2D eigenvalue weighted by molar-refractivity contribution is -0.137. The zero-order valence-corrected chi connectivity index (χ0v) is 9.80. The third-order valence-electron chi connectivity index (χ3n) is 2.56. The summed E-state index contributed by atoms with van der Waals surface area (Å²) in [5, 5.41) is 0. The van der Waals surface area contributed by atoms with Crippen LogP contribution in [0.4, 0.5) is 18.9 Å². The smallest absolute Gasteiger partial charge is 0.371 e. The first-order valence-corrected chi connectivity index (χ1v) is 5.62. The van der Waals surface area contributed by atoms with E-state index in [1.165, 1.54) is 12.1 Å². The normalized spacial score (nSPS) is 11.6. The van der Waals surface area contributed by atoms with Crippen molar-refractivity contribution in [3.05, 3.63) is 29.8 Å². The molecule has 96 valence electrons. The van der Waals surface area contributed by atoms with E-state index in [1.54, 1.807) is 11.0 Å². The lowest BCUT2D eigenvalue weighted by Gasteiger charge is -2.26. The Balaban J connectivity index is 3.02. The van der Waals surface area contributed by atoms with Gasteiger partial charge in [0.1, 0.15) is 0 Å². The SMILES string of the molecule is CCN(CCCN)c1ccccc1C(F)(F)F. The standard InChI is InChI=1S/C12H17F3N2/c1-2-17(9-5-8-16)11-7-4-3-6-10(11)12(13,14)15/h3-4,6-7H,2,5,8-9,16H2,1H3. The molecule has 0 fully saturated rings. The molecule has 0 aromatic heterocycles. The molecule has 0 saturated carbocycles. The van der Waals surface area contributed by atoms with Crippen LogP contribution in [-0.2, 0) is 6.18 Å². The largest absolute Gasteiger partial charge is 0.418 e. The summed E-state index contributed by atoms with van der Waals surface area (Å²) >= 11 is 0. The van der Waals surface area contributed by atoms with Crippen molar-refractivity contribution < 1.29 is 13.2 Å². The Labute approximate surface area is 99.2 Å². The molecule has 0 unspecified atom stereocenters. The Bertz CT molecular complexity index is 350. The van der Waals surface area contributed by atoms with Gasteiger partial charge in [-0.1, -0.05) is 12.1 Å². The molecule has 5 heteroatoms. The van der Waals surface area contributed by atoms with Gasteiger partial charge in [0.05, 0.1) is 5.56 Å². The Kier molecular flexibility index (Phi) is 4.81. The van der Waals surface area contributed by atoms with Crippen LogP contribution in [0.2, 0.25) is 0 Å². The van der Waals surface area contributed by atoms with Crippen LogP contribution in [0.25, 0.3) is 0 Å². The van der Waals surface area contributed by atoms with Crippen molar-refractivity contribution in [2.45, 2.75) is 19.5 Å². The zero-order valence-electron chi connectivity index (χ0n) is 9.80. The molecule has 0 saturated heterocycles. The van der Waals surface area contributed by atoms with Crippen LogP contribution in [0.5, 0.6) is 0 Å². The fraction of sp³-hybridized carbons (Fsp3) is 0.500. The van der Waals surface area contributed by atoms with Gasteiger partial charge in [-0.15, -0.1) is 0 Å². The average molecular weight is 246 g/mol. The second-order valence-electron chi connectivity index (χ2n) is 3.74.